The van der Waals surface area contributed by atoms with Crippen LogP contribution in [0.15, 0.2) is 0 Å². The topological polar surface area (TPSA) is 46.2 Å². The second-order valence-electron chi connectivity index (χ2n) is 5.59. The third-order valence-corrected chi connectivity index (χ3v) is 11.8. The van der Waals surface area contributed by atoms with Gasteiger partial charge >= 0.3 is 85.8 Å². The van der Waals surface area contributed by atoms with E-state index in [0.717, 1.165) is 16.8 Å². The molecule has 0 aromatic rings. The second-order valence-corrected chi connectivity index (χ2v) is 21.4. The number of hydrogen-bond donors (Lipinski definition) is 2. The van der Waals surface area contributed by atoms with Crippen LogP contribution in [0.4, 0.5) is 0 Å². The van der Waals surface area contributed by atoms with E-state index in [9.17, 15) is 5.11 Å². The second kappa shape index (κ2) is 4.07. The summed E-state index contributed by atoms with van der Waals surface area (Å²) in [7, 11) is 0. The molecule has 0 aromatic carbocycles. The van der Waals surface area contributed by atoms with Gasteiger partial charge in [-0.3, -0.25) is 0 Å². The van der Waals surface area contributed by atoms with Crippen molar-refractivity contribution in [2.45, 2.75) is 50.0 Å². The van der Waals surface area contributed by atoms with Crippen LogP contribution in [-0.2, 0) is 0 Å². The van der Waals surface area contributed by atoms with Crippen molar-refractivity contribution in [1.29, 1.82) is 0 Å². The summed E-state index contributed by atoms with van der Waals surface area (Å²) in [5.41, 5.74) is 5.10. The van der Waals surface area contributed by atoms with E-state index >= 15 is 0 Å². The molecule has 0 bridgehead atoms. The molecule has 1 fully saturated rings. The van der Waals surface area contributed by atoms with Gasteiger partial charge in [-0.15, -0.1) is 0 Å². The molecule has 0 unspecified atom stereocenters. The summed E-state index contributed by atoms with van der Waals surface area (Å²) in [5, 5.41) is 10.1. The fraction of sp³-hybridized carbons (Fsp3) is 1.00. The molecule has 0 aliphatic heterocycles. The van der Waals surface area contributed by atoms with Gasteiger partial charge in [0.1, 0.15) is 0 Å². The number of rotatable bonds is 2. The number of hydrogen-bond acceptors (Lipinski definition) is 2. The first-order chi connectivity index (χ1) is 5.87. The fourth-order valence-electron chi connectivity index (χ4n) is 2.26. The van der Waals surface area contributed by atoms with Gasteiger partial charge in [-0.05, 0) is 0 Å². The molecule has 13 heavy (non-hydrogen) atoms. The van der Waals surface area contributed by atoms with Gasteiger partial charge in [-0.1, -0.05) is 0 Å². The molecule has 0 radical (unpaired) electrons. The molecule has 2 atom stereocenters. The maximum absolute atomic E-state index is 10.1. The van der Waals surface area contributed by atoms with Crippen LogP contribution in [0.1, 0.15) is 25.7 Å². The standard InChI is InChI=1S/C7H14NO.3CH3.Sn/c8-6-7(9)4-2-1-3-5-7;;;;/h2,9H,1,3-6,8H2;3*1H3;/t7-;;;;/m1..../s1. The summed E-state index contributed by atoms with van der Waals surface area (Å²) in [6, 6.07) is 0. The molecule has 1 rings (SSSR count). The van der Waals surface area contributed by atoms with Crippen molar-refractivity contribution in [3.8, 4) is 0 Å². The third-order valence-electron chi connectivity index (χ3n) is 3.43. The monoisotopic (exact) mass is 293 g/mol. The Hall–Kier alpha value is 0.719. The maximum atomic E-state index is 10.1. The molecule has 2 nitrogen and oxygen atoms in total. The van der Waals surface area contributed by atoms with E-state index in [2.05, 4.69) is 14.8 Å². The van der Waals surface area contributed by atoms with E-state index in [0.29, 0.717) is 6.54 Å². The van der Waals surface area contributed by atoms with E-state index in [1.165, 1.54) is 12.8 Å². The van der Waals surface area contributed by atoms with Gasteiger partial charge in [0.15, 0.2) is 0 Å². The van der Waals surface area contributed by atoms with Crippen LogP contribution in [-0.4, -0.2) is 35.6 Å². The van der Waals surface area contributed by atoms with E-state index in [-0.39, 0.29) is 0 Å². The summed E-state index contributed by atoms with van der Waals surface area (Å²) in [4.78, 5) is 7.38. The van der Waals surface area contributed by atoms with Crippen LogP contribution < -0.4 is 5.73 Å². The van der Waals surface area contributed by atoms with Crippen molar-refractivity contribution in [2.75, 3.05) is 6.54 Å². The van der Waals surface area contributed by atoms with Crippen molar-refractivity contribution in [3.63, 3.8) is 0 Å². The van der Waals surface area contributed by atoms with E-state index in [4.69, 9.17) is 5.73 Å². The summed E-state index contributed by atoms with van der Waals surface area (Å²) in [6.45, 7) is 0.450. The molecule has 0 amide bonds. The molecule has 3 heteroatoms. The molecule has 0 spiro atoms. The summed E-state index contributed by atoms with van der Waals surface area (Å²) in [5.74, 6) is 0. The molecule has 3 N–H and O–H groups in total. The molecule has 0 heterocycles. The SMILES string of the molecule is [CH3][Sn]([CH3])([CH3])[C@H]1CCC[C@@](O)(CN)C1. The van der Waals surface area contributed by atoms with Crippen LogP contribution in [0.3, 0.4) is 0 Å². The van der Waals surface area contributed by atoms with Gasteiger partial charge in [0, 0.05) is 0 Å². The number of aliphatic hydroxyl groups is 1. The van der Waals surface area contributed by atoms with Crippen molar-refractivity contribution >= 4 is 18.4 Å². The first kappa shape index (κ1) is 11.8. The Morgan fingerprint density at radius 1 is 1.46 bits per heavy atom. The van der Waals surface area contributed by atoms with Crippen molar-refractivity contribution in [2.24, 2.45) is 5.73 Å². The van der Waals surface area contributed by atoms with Crippen LogP contribution in [0.5, 0.6) is 0 Å². The Morgan fingerprint density at radius 2 is 2.08 bits per heavy atom. The first-order valence-electron chi connectivity index (χ1n) is 5.30. The molecule has 78 valence electrons. The normalized spacial score (nSPS) is 36.2. The summed E-state index contributed by atoms with van der Waals surface area (Å²) < 4.78 is 0.830. The zero-order valence-corrected chi connectivity index (χ0v) is 12.0. The minimum absolute atomic E-state index is 0.450. The van der Waals surface area contributed by atoms with Crippen LogP contribution >= 0.6 is 0 Å². The molecular formula is C10H23NOSn. The Morgan fingerprint density at radius 3 is 2.54 bits per heavy atom. The molecule has 0 saturated heterocycles. The molecule has 0 aromatic heterocycles. The Kier molecular flexibility index (Phi) is 3.69. The zero-order chi connectivity index (χ0) is 10.1. The molecule has 1 saturated carbocycles. The molecular weight excluding hydrogens is 269 g/mol. The van der Waals surface area contributed by atoms with Crippen molar-refractivity contribution in [3.05, 3.63) is 0 Å². The van der Waals surface area contributed by atoms with Gasteiger partial charge in [0.2, 0.25) is 0 Å². The zero-order valence-electron chi connectivity index (χ0n) is 9.14. The van der Waals surface area contributed by atoms with Gasteiger partial charge in [0.25, 0.3) is 0 Å². The van der Waals surface area contributed by atoms with Gasteiger partial charge < -0.3 is 0 Å². The Balaban J connectivity index is 2.62. The Bertz CT molecular complexity index is 178. The molecule has 1 aliphatic rings. The van der Waals surface area contributed by atoms with Crippen LogP contribution in [0.2, 0.25) is 18.8 Å². The van der Waals surface area contributed by atoms with Gasteiger partial charge in [-0.25, -0.2) is 0 Å². The quantitative estimate of drug-likeness (QED) is 0.764. The first-order valence-corrected chi connectivity index (χ1v) is 15.5. The fourth-order valence-corrected chi connectivity index (χ4v) is 8.15. The van der Waals surface area contributed by atoms with Crippen molar-refractivity contribution < 1.29 is 5.11 Å². The summed E-state index contributed by atoms with van der Waals surface area (Å²) >= 11 is -1.79. The van der Waals surface area contributed by atoms with Crippen LogP contribution in [0, 0.1) is 0 Å². The predicted molar refractivity (Wildman–Crippen MR) is 59.6 cm³/mol. The average molecular weight is 292 g/mol. The summed E-state index contributed by atoms with van der Waals surface area (Å²) in [6.07, 6.45) is 4.40. The van der Waals surface area contributed by atoms with E-state index < -0.39 is 24.0 Å². The van der Waals surface area contributed by atoms with Gasteiger partial charge in [-0.2, -0.15) is 0 Å². The average Bonchev–Trinajstić information content (AvgIpc) is 2.03. The van der Waals surface area contributed by atoms with E-state index in [1.54, 1.807) is 0 Å². The minimum atomic E-state index is -1.79. The van der Waals surface area contributed by atoms with Crippen LogP contribution in [0.25, 0.3) is 0 Å². The molecule has 1 aliphatic carbocycles. The van der Waals surface area contributed by atoms with E-state index in [1.807, 2.05) is 0 Å². The third kappa shape index (κ3) is 3.10. The van der Waals surface area contributed by atoms with Crippen molar-refractivity contribution in [1.82, 2.24) is 0 Å². The Labute approximate surface area is 85.8 Å². The van der Waals surface area contributed by atoms with Gasteiger partial charge in [0.05, 0.1) is 0 Å². The predicted octanol–water partition coefficient (Wildman–Crippen LogP) is 1.96. The number of nitrogens with two attached hydrogens (primary N) is 1.